The maximum Gasteiger partial charge on any atom is 0.417 e. The summed E-state index contributed by atoms with van der Waals surface area (Å²) in [5, 5.41) is 0. The Balaban J connectivity index is 1.79. The molecule has 0 aliphatic heterocycles. The number of alkyl halides is 6. The van der Waals surface area contributed by atoms with Crippen molar-refractivity contribution < 1.29 is 39.2 Å². The highest BCUT2D eigenvalue weighted by molar-refractivity contribution is 7.89. The monoisotopic (exact) mass is 572 g/mol. The van der Waals surface area contributed by atoms with Crippen LogP contribution in [0.4, 0.5) is 30.7 Å². The summed E-state index contributed by atoms with van der Waals surface area (Å²) in [5.41, 5.74) is -6.11. The van der Waals surface area contributed by atoms with Crippen LogP contribution < -0.4 is 10.3 Å². The van der Waals surface area contributed by atoms with E-state index in [0.29, 0.717) is 18.3 Å². The summed E-state index contributed by atoms with van der Waals surface area (Å²) >= 11 is 0. The fourth-order valence-corrected chi connectivity index (χ4v) is 4.53. The minimum Gasteiger partial charge on any atom is -0.306 e. The number of pyridine rings is 1. The van der Waals surface area contributed by atoms with E-state index >= 15 is 4.39 Å². The van der Waals surface area contributed by atoms with E-state index in [0.717, 1.165) is 18.2 Å². The Morgan fingerprint density at radius 1 is 0.872 bits per heavy atom. The predicted octanol–water partition coefficient (Wildman–Crippen LogP) is 5.15. The molecule has 0 spiro atoms. The van der Waals surface area contributed by atoms with Crippen LogP contribution in [0.15, 0.2) is 76.6 Å². The van der Waals surface area contributed by atoms with Crippen LogP contribution in [0.3, 0.4) is 0 Å². The lowest BCUT2D eigenvalue weighted by Crippen LogP contribution is -2.24. The highest BCUT2D eigenvalue weighted by Gasteiger charge is 2.37. The van der Waals surface area contributed by atoms with Crippen molar-refractivity contribution in [1.82, 2.24) is 19.7 Å². The van der Waals surface area contributed by atoms with Crippen molar-refractivity contribution >= 4 is 10.0 Å². The van der Waals surface area contributed by atoms with Crippen molar-refractivity contribution in [2.24, 2.45) is 0 Å². The molecule has 0 saturated carbocycles. The third-order valence-electron chi connectivity index (χ3n) is 5.37. The molecule has 0 fully saturated rings. The van der Waals surface area contributed by atoms with Crippen LogP contribution in [0.25, 0.3) is 22.8 Å². The second-order valence-electron chi connectivity index (χ2n) is 8.01. The summed E-state index contributed by atoms with van der Waals surface area (Å²) in [7, 11) is -4.16. The van der Waals surface area contributed by atoms with Crippen molar-refractivity contribution in [3.63, 3.8) is 0 Å². The molecular formula is C24H15F7N4O3S. The Labute approximate surface area is 215 Å². The molecule has 0 aliphatic carbocycles. The normalized spacial score (nSPS) is 12.5. The third kappa shape index (κ3) is 6.15. The molecule has 4 rings (SSSR count). The number of aromatic nitrogens is 3. The van der Waals surface area contributed by atoms with Crippen LogP contribution in [0.1, 0.15) is 16.7 Å². The topological polar surface area (TPSA) is 105 Å². The Kier molecular flexibility index (Phi) is 7.32. The molecule has 39 heavy (non-hydrogen) atoms. The van der Waals surface area contributed by atoms with Crippen molar-refractivity contribution in [3.05, 3.63) is 99.7 Å². The van der Waals surface area contributed by atoms with Crippen molar-refractivity contribution in [2.75, 3.05) is 0 Å². The van der Waals surface area contributed by atoms with Gasteiger partial charge in [-0.1, -0.05) is 24.3 Å². The van der Waals surface area contributed by atoms with Gasteiger partial charge in [-0.15, -0.1) is 0 Å². The van der Waals surface area contributed by atoms with Gasteiger partial charge >= 0.3 is 12.4 Å². The maximum absolute atomic E-state index is 15.5. The smallest absolute Gasteiger partial charge is 0.306 e. The van der Waals surface area contributed by atoms with Crippen LogP contribution in [0.5, 0.6) is 0 Å². The molecule has 7 nitrogen and oxygen atoms in total. The van der Waals surface area contributed by atoms with Gasteiger partial charge in [-0.2, -0.15) is 26.3 Å². The number of halogens is 7. The highest BCUT2D eigenvalue weighted by atomic mass is 32.2. The fraction of sp³-hybridized carbons (Fsp3) is 0.125. The number of rotatable bonds is 6. The molecule has 0 saturated heterocycles. The zero-order chi connectivity index (χ0) is 28.6. The van der Waals surface area contributed by atoms with E-state index in [2.05, 4.69) is 14.7 Å². The second-order valence-corrected chi connectivity index (χ2v) is 9.77. The lowest BCUT2D eigenvalue weighted by molar-refractivity contribution is -0.138. The molecule has 0 unspecified atom stereocenters. The molecule has 0 radical (unpaired) electrons. The van der Waals surface area contributed by atoms with E-state index < -0.39 is 74.1 Å². The Bertz CT molecular complexity index is 1670. The second kappa shape index (κ2) is 10.2. The summed E-state index contributed by atoms with van der Waals surface area (Å²) in [4.78, 5) is 21.5. The minimum atomic E-state index is -5.13. The van der Waals surface area contributed by atoms with Crippen LogP contribution >= 0.6 is 0 Å². The van der Waals surface area contributed by atoms with E-state index in [1.165, 1.54) is 24.3 Å². The molecule has 2 N–H and O–H groups in total. The summed E-state index contributed by atoms with van der Waals surface area (Å²) < 4.78 is 123. The SMILES string of the molecule is O=c1cc(-c2ccc(C(F)(F)F)cn2)nc(-c2c(C(F)(F)F)ccc(CNS(=O)(=O)c3ccccc3)c2F)[nH]1. The average Bonchev–Trinajstić information content (AvgIpc) is 2.87. The summed E-state index contributed by atoms with van der Waals surface area (Å²) in [6.45, 7) is -0.751. The van der Waals surface area contributed by atoms with Crippen LogP contribution in [0, 0.1) is 5.82 Å². The number of benzene rings is 2. The molecule has 2 aromatic carbocycles. The lowest BCUT2D eigenvalue weighted by Gasteiger charge is -2.16. The van der Waals surface area contributed by atoms with E-state index in [-0.39, 0.29) is 10.6 Å². The molecule has 2 heterocycles. The number of aromatic amines is 1. The number of sulfonamides is 1. The van der Waals surface area contributed by atoms with E-state index in [4.69, 9.17) is 0 Å². The number of nitrogens with one attached hydrogen (secondary N) is 2. The van der Waals surface area contributed by atoms with Crippen LogP contribution in [0.2, 0.25) is 0 Å². The Morgan fingerprint density at radius 3 is 2.15 bits per heavy atom. The summed E-state index contributed by atoms with van der Waals surface area (Å²) in [6, 6.07) is 10.4. The van der Waals surface area contributed by atoms with Crippen LogP contribution in [-0.4, -0.2) is 23.4 Å². The first-order chi connectivity index (χ1) is 18.2. The van der Waals surface area contributed by atoms with E-state index in [9.17, 15) is 39.6 Å². The number of hydrogen-bond acceptors (Lipinski definition) is 5. The van der Waals surface area contributed by atoms with Crippen LogP contribution in [-0.2, 0) is 28.9 Å². The highest BCUT2D eigenvalue weighted by Crippen LogP contribution is 2.39. The number of H-pyrrole nitrogens is 1. The minimum absolute atomic E-state index is 0.166. The van der Waals surface area contributed by atoms with Gasteiger partial charge in [-0.25, -0.2) is 22.5 Å². The van der Waals surface area contributed by atoms with Gasteiger partial charge in [0, 0.05) is 24.4 Å². The number of hydrogen-bond donors (Lipinski definition) is 2. The zero-order valence-corrected chi connectivity index (χ0v) is 20.0. The molecule has 0 bridgehead atoms. The third-order valence-corrected chi connectivity index (χ3v) is 6.78. The molecule has 2 aromatic heterocycles. The average molecular weight is 572 g/mol. The summed E-state index contributed by atoms with van der Waals surface area (Å²) in [6.07, 6.45) is -9.40. The zero-order valence-electron chi connectivity index (χ0n) is 19.2. The molecule has 0 aliphatic rings. The first-order valence-electron chi connectivity index (χ1n) is 10.8. The fourth-order valence-electron chi connectivity index (χ4n) is 3.50. The Hall–Kier alpha value is -4.11. The largest absolute Gasteiger partial charge is 0.417 e. The number of nitrogens with zero attached hydrogens (tertiary/aromatic N) is 2. The van der Waals surface area contributed by atoms with Crippen molar-refractivity contribution in [2.45, 2.75) is 23.8 Å². The quantitative estimate of drug-likeness (QED) is 0.311. The van der Waals surface area contributed by atoms with E-state index in [1.807, 2.05) is 4.98 Å². The predicted molar refractivity (Wildman–Crippen MR) is 124 cm³/mol. The molecule has 4 aromatic rings. The first kappa shape index (κ1) is 27.9. The van der Waals surface area contributed by atoms with Gasteiger partial charge in [-0.05, 0) is 30.3 Å². The first-order valence-corrected chi connectivity index (χ1v) is 12.2. The molecule has 0 amide bonds. The van der Waals surface area contributed by atoms with Crippen molar-refractivity contribution in [1.29, 1.82) is 0 Å². The Morgan fingerprint density at radius 2 is 1.56 bits per heavy atom. The van der Waals surface area contributed by atoms with Gasteiger partial charge in [0.05, 0.1) is 33.0 Å². The molecule has 0 atom stereocenters. The van der Waals surface area contributed by atoms with Gasteiger partial charge in [0.2, 0.25) is 10.0 Å². The van der Waals surface area contributed by atoms with Gasteiger partial charge in [-0.3, -0.25) is 9.78 Å². The van der Waals surface area contributed by atoms with Crippen molar-refractivity contribution in [3.8, 4) is 22.8 Å². The lowest BCUT2D eigenvalue weighted by atomic mass is 10.0. The molecule has 204 valence electrons. The standard InChI is InChI=1S/C24H15F7N4O3S/c25-21-13(11-33-39(37,38)15-4-2-1-3-5-15)6-8-16(24(29,30)31)20(21)22-34-18(10-19(36)35-22)17-9-7-14(12-32-17)23(26,27)28/h1-10,12,33H,11H2,(H,34,35,36). The van der Waals surface area contributed by atoms with Gasteiger partial charge in [0.25, 0.3) is 5.56 Å². The molecular weight excluding hydrogens is 557 g/mol. The van der Waals surface area contributed by atoms with Gasteiger partial charge in [0.1, 0.15) is 11.6 Å². The van der Waals surface area contributed by atoms with Gasteiger partial charge < -0.3 is 4.98 Å². The van der Waals surface area contributed by atoms with E-state index in [1.54, 1.807) is 6.07 Å². The maximum atomic E-state index is 15.5. The molecule has 15 heteroatoms. The summed E-state index contributed by atoms with van der Waals surface area (Å²) in [5.74, 6) is -2.42. The van der Waals surface area contributed by atoms with Gasteiger partial charge in [0.15, 0.2) is 0 Å².